The van der Waals surface area contributed by atoms with Gasteiger partial charge in [-0.05, 0) is 110 Å². The van der Waals surface area contributed by atoms with Crippen molar-refractivity contribution in [2.24, 2.45) is 5.92 Å². The number of anilines is 6. The van der Waals surface area contributed by atoms with Crippen LogP contribution in [0, 0.1) is 5.92 Å². The summed E-state index contributed by atoms with van der Waals surface area (Å²) in [5, 5.41) is 0. The normalized spacial score (nSPS) is 17.6. The van der Waals surface area contributed by atoms with Crippen molar-refractivity contribution in [2.45, 2.75) is 30.6 Å². The zero-order chi connectivity index (χ0) is 48.2. The Hall–Kier alpha value is -8.72. The summed E-state index contributed by atoms with van der Waals surface area (Å²) in [5.41, 5.74) is 21.3. The van der Waals surface area contributed by atoms with E-state index in [1.165, 1.54) is 66.8 Å². The van der Waals surface area contributed by atoms with Crippen molar-refractivity contribution in [3.05, 3.63) is 312 Å². The molecule has 0 fully saturated rings. The molecule has 0 aliphatic heterocycles. The molecule has 3 aliphatic rings. The van der Waals surface area contributed by atoms with Crippen LogP contribution in [0.25, 0.3) is 33.4 Å². The molecule has 72 heavy (non-hydrogen) atoms. The average molecular weight is 923 g/mol. The van der Waals surface area contributed by atoms with Crippen LogP contribution in [0.5, 0.6) is 0 Å². The summed E-state index contributed by atoms with van der Waals surface area (Å²) in [5.74, 6) is 0.454. The van der Waals surface area contributed by atoms with Gasteiger partial charge in [0.15, 0.2) is 0 Å². The Kier molecular flexibility index (Phi) is 10.6. The summed E-state index contributed by atoms with van der Waals surface area (Å²) in [6, 6.07) is 94.4. The molecule has 0 aromatic heterocycles. The first-order chi connectivity index (χ1) is 35.5. The van der Waals surface area contributed by atoms with Crippen LogP contribution in [0.1, 0.15) is 53.1 Å². The van der Waals surface area contributed by atoms with E-state index in [0.29, 0.717) is 0 Å². The first-order valence-electron chi connectivity index (χ1n) is 25.3. The van der Waals surface area contributed by atoms with Gasteiger partial charge >= 0.3 is 0 Å². The van der Waals surface area contributed by atoms with Gasteiger partial charge in [-0.3, -0.25) is 0 Å². The Morgan fingerprint density at radius 2 is 0.875 bits per heavy atom. The third kappa shape index (κ3) is 6.93. The van der Waals surface area contributed by atoms with Crippen molar-refractivity contribution in [3.8, 4) is 33.4 Å². The van der Waals surface area contributed by atoms with Gasteiger partial charge in [-0.2, -0.15) is 0 Å². The second-order valence-electron chi connectivity index (χ2n) is 20.0. The van der Waals surface area contributed by atoms with Crippen LogP contribution in [0.3, 0.4) is 0 Å². The van der Waals surface area contributed by atoms with Gasteiger partial charge in [-0.1, -0.05) is 238 Å². The topological polar surface area (TPSA) is 6.48 Å². The number of rotatable bonds is 10. The summed E-state index contributed by atoms with van der Waals surface area (Å²) in [7, 11) is 0. The second kappa shape index (κ2) is 17.6. The summed E-state index contributed by atoms with van der Waals surface area (Å²) in [4.78, 5) is 4.98. The maximum absolute atomic E-state index is 2.51. The van der Waals surface area contributed by atoms with E-state index in [0.717, 1.165) is 34.1 Å². The van der Waals surface area contributed by atoms with Crippen LogP contribution in [0.15, 0.2) is 279 Å². The molecule has 3 unspecified atom stereocenters. The number of fused-ring (bicyclic) bond motifs is 6. The number of para-hydroxylation sites is 1. The Bertz CT molecular complexity index is 3680. The van der Waals surface area contributed by atoms with E-state index in [1.807, 2.05) is 0 Å². The largest absolute Gasteiger partial charge is 0.310 e. The molecule has 0 radical (unpaired) electrons. The summed E-state index contributed by atoms with van der Waals surface area (Å²) in [6.45, 7) is 4.74. The van der Waals surface area contributed by atoms with Crippen LogP contribution in [-0.2, 0) is 10.8 Å². The monoisotopic (exact) mass is 922 g/mol. The number of allylic oxidation sites excluding steroid dienone is 4. The predicted octanol–water partition coefficient (Wildman–Crippen LogP) is 18.4. The van der Waals surface area contributed by atoms with E-state index in [4.69, 9.17) is 0 Å². The van der Waals surface area contributed by atoms with Crippen molar-refractivity contribution < 1.29 is 0 Å². The quantitative estimate of drug-likeness (QED) is 0.135. The summed E-state index contributed by atoms with van der Waals surface area (Å²) in [6.07, 6.45) is 9.35. The minimum absolute atomic E-state index is 0.164. The average Bonchev–Trinajstić information content (AvgIpc) is 3.88. The van der Waals surface area contributed by atoms with Gasteiger partial charge < -0.3 is 9.80 Å². The molecule has 0 saturated heterocycles. The van der Waals surface area contributed by atoms with Gasteiger partial charge in [-0.15, -0.1) is 0 Å². The Morgan fingerprint density at radius 3 is 1.64 bits per heavy atom. The number of benzene rings is 10. The fourth-order valence-electron chi connectivity index (χ4n) is 12.6. The molecule has 10 aromatic rings. The van der Waals surface area contributed by atoms with Crippen molar-refractivity contribution >= 4 is 34.1 Å². The van der Waals surface area contributed by atoms with Gasteiger partial charge in [-0.25, -0.2) is 0 Å². The van der Waals surface area contributed by atoms with Crippen LogP contribution in [-0.4, -0.2) is 0 Å². The summed E-state index contributed by atoms with van der Waals surface area (Å²) >= 11 is 0. The van der Waals surface area contributed by atoms with E-state index < -0.39 is 5.41 Å². The lowest BCUT2D eigenvalue weighted by molar-refractivity contribution is 0.457. The van der Waals surface area contributed by atoms with E-state index in [9.17, 15) is 0 Å². The molecule has 0 amide bonds. The Morgan fingerprint density at radius 1 is 0.347 bits per heavy atom. The molecule has 13 rings (SSSR count). The van der Waals surface area contributed by atoms with E-state index in [1.54, 1.807) is 0 Å². The molecule has 2 nitrogen and oxygen atoms in total. The fourth-order valence-corrected chi connectivity index (χ4v) is 12.6. The van der Waals surface area contributed by atoms with Gasteiger partial charge in [0.25, 0.3) is 0 Å². The number of hydrogen-bond acceptors (Lipinski definition) is 2. The van der Waals surface area contributed by atoms with Gasteiger partial charge in [0.1, 0.15) is 0 Å². The van der Waals surface area contributed by atoms with Crippen molar-refractivity contribution in [2.75, 3.05) is 9.80 Å². The third-order valence-electron chi connectivity index (χ3n) is 15.8. The number of nitrogens with zero attached hydrogens (tertiary/aromatic N) is 2. The first-order valence-corrected chi connectivity index (χ1v) is 25.3. The molecule has 2 heteroatoms. The van der Waals surface area contributed by atoms with Crippen LogP contribution in [0.4, 0.5) is 34.1 Å². The molecule has 344 valence electrons. The van der Waals surface area contributed by atoms with Crippen molar-refractivity contribution in [3.63, 3.8) is 0 Å². The van der Waals surface area contributed by atoms with Crippen molar-refractivity contribution in [1.82, 2.24) is 0 Å². The van der Waals surface area contributed by atoms with Gasteiger partial charge in [0.2, 0.25) is 0 Å². The standard InChI is InChI=1S/C70H54N2/c1-69(2)62-37-16-14-36-61(62)68-65(69)40-22-42-67(68)72(66-41-19-15-33-58(66)51-25-8-4-9-26-51)57-32-21-31-56(48-57)71(54-45-43-50(44-46-54)49-23-6-3-7-24-49)55-30-20-29-53(47-55)70(52-27-10-5-11-28-52)63-38-17-12-34-59(63)60-35-13-18-39-64(60)70/h3-48,59,63H,1-2H3. The molecule has 3 aliphatic carbocycles. The lowest BCUT2D eigenvalue weighted by Gasteiger charge is -2.39. The Labute approximate surface area is 424 Å². The van der Waals surface area contributed by atoms with Crippen molar-refractivity contribution in [1.29, 1.82) is 0 Å². The minimum atomic E-state index is -0.430. The highest BCUT2D eigenvalue weighted by molar-refractivity contribution is 5.98. The molecular formula is C70H54N2. The fraction of sp³-hybridized carbons (Fsp3) is 0.0857. The molecule has 0 N–H and O–H groups in total. The zero-order valence-electron chi connectivity index (χ0n) is 40.6. The molecule has 0 bridgehead atoms. The van der Waals surface area contributed by atoms with E-state index in [-0.39, 0.29) is 17.3 Å². The molecular weight excluding hydrogens is 869 g/mol. The maximum atomic E-state index is 2.51. The highest BCUT2D eigenvalue weighted by Crippen LogP contribution is 2.60. The third-order valence-corrected chi connectivity index (χ3v) is 15.8. The van der Waals surface area contributed by atoms with Crippen LogP contribution in [0.2, 0.25) is 0 Å². The lowest BCUT2D eigenvalue weighted by atomic mass is 9.63. The maximum Gasteiger partial charge on any atom is 0.0543 e. The minimum Gasteiger partial charge on any atom is -0.310 e. The van der Waals surface area contributed by atoms with Crippen LogP contribution >= 0.6 is 0 Å². The van der Waals surface area contributed by atoms with Gasteiger partial charge in [0, 0.05) is 51.1 Å². The molecule has 0 spiro atoms. The smallest absolute Gasteiger partial charge is 0.0543 e. The van der Waals surface area contributed by atoms with E-state index in [2.05, 4.69) is 303 Å². The molecule has 10 aromatic carbocycles. The molecule has 0 heterocycles. The molecule has 3 atom stereocenters. The lowest BCUT2D eigenvalue weighted by Crippen LogP contribution is -2.35. The van der Waals surface area contributed by atoms with E-state index >= 15 is 0 Å². The molecule has 0 saturated carbocycles. The zero-order valence-corrected chi connectivity index (χ0v) is 40.6. The predicted molar refractivity (Wildman–Crippen MR) is 302 cm³/mol. The van der Waals surface area contributed by atoms with Crippen LogP contribution < -0.4 is 9.80 Å². The second-order valence-corrected chi connectivity index (χ2v) is 20.0. The summed E-state index contributed by atoms with van der Waals surface area (Å²) < 4.78 is 0. The Balaban J connectivity index is 1.04. The first kappa shape index (κ1) is 43.3. The SMILES string of the molecule is CC1(C)c2ccccc2-c2c(N(c3cccc(N(c4ccc(-c5ccccc5)cc4)c4cccc(C5(c6ccccc6)c6ccccc6C6C=CC=CC65)c4)c3)c3ccccc3-c3ccccc3)cccc21. The van der Waals surface area contributed by atoms with Gasteiger partial charge in [0.05, 0.1) is 16.8 Å². The number of hydrogen-bond donors (Lipinski definition) is 0. The highest BCUT2D eigenvalue weighted by atomic mass is 15.2. The highest BCUT2D eigenvalue weighted by Gasteiger charge is 2.53.